The molecule has 13 nitrogen and oxygen atoms in total. The van der Waals surface area contributed by atoms with Gasteiger partial charge in [-0.1, -0.05) is 42.5 Å². The van der Waals surface area contributed by atoms with E-state index in [1.165, 1.54) is 18.2 Å². The highest BCUT2D eigenvalue weighted by Gasteiger charge is 2.21. The minimum absolute atomic E-state index is 0.0159. The first-order chi connectivity index (χ1) is 17.6. The molecule has 0 radical (unpaired) electrons. The van der Waals surface area contributed by atoms with Crippen LogP contribution in [0.3, 0.4) is 0 Å². The van der Waals surface area contributed by atoms with Gasteiger partial charge in [0.05, 0.1) is 32.1 Å². The topological polar surface area (TPSA) is 194 Å². The van der Waals surface area contributed by atoms with Crippen LogP contribution in [-0.4, -0.2) is 29.3 Å². The molecule has 14 heteroatoms. The van der Waals surface area contributed by atoms with Crippen LogP contribution >= 0.6 is 0 Å². The zero-order chi connectivity index (χ0) is 26.7. The summed E-state index contributed by atoms with van der Waals surface area (Å²) in [7, 11) is -4.03. The second-order valence-electron chi connectivity index (χ2n) is 7.51. The average molecular weight is 521 g/mol. The predicted molar refractivity (Wildman–Crippen MR) is 131 cm³/mol. The van der Waals surface area contributed by atoms with Crippen molar-refractivity contribution in [3.63, 3.8) is 0 Å². The van der Waals surface area contributed by atoms with Crippen molar-refractivity contribution in [1.82, 2.24) is 0 Å². The molecule has 0 unspecified atom stereocenters. The Balaban J connectivity index is 1.76. The zero-order valence-corrected chi connectivity index (χ0v) is 19.3. The second-order valence-corrected chi connectivity index (χ2v) is 9.20. The smallest absolute Gasteiger partial charge is 0.295 e. The highest BCUT2D eigenvalue weighted by atomic mass is 32.2. The number of carbonyl (C=O) groups is 1. The Labute approximate surface area is 208 Å². The Bertz CT molecular complexity index is 1670. The molecule has 37 heavy (non-hydrogen) atoms. The molecule has 2 N–H and O–H groups in total. The number of hydrogen-bond donors (Lipinski definition) is 2. The maximum absolute atomic E-state index is 12.9. The van der Waals surface area contributed by atoms with Crippen LogP contribution in [0.1, 0.15) is 10.4 Å². The Morgan fingerprint density at radius 1 is 0.838 bits per heavy atom. The van der Waals surface area contributed by atoms with Gasteiger partial charge in [-0.25, -0.2) is 8.42 Å². The van der Waals surface area contributed by atoms with E-state index in [0.717, 1.165) is 18.2 Å². The summed E-state index contributed by atoms with van der Waals surface area (Å²) >= 11 is 0. The summed E-state index contributed by atoms with van der Waals surface area (Å²) in [5, 5.41) is 40.5. The fourth-order valence-corrected chi connectivity index (χ4v) is 4.49. The number of nitro benzene ring substituents is 2. The van der Waals surface area contributed by atoms with Crippen molar-refractivity contribution in [3.05, 3.63) is 105 Å². The molecule has 0 aliphatic carbocycles. The number of hydrogen-bond acceptors (Lipinski definition) is 9. The van der Waals surface area contributed by atoms with Gasteiger partial charge in [-0.15, -0.1) is 10.2 Å². The van der Waals surface area contributed by atoms with E-state index in [2.05, 4.69) is 15.0 Å². The molecule has 4 aromatic carbocycles. The molecule has 4 aromatic rings. The van der Waals surface area contributed by atoms with E-state index in [4.69, 9.17) is 0 Å². The lowest BCUT2D eigenvalue weighted by Crippen LogP contribution is -2.13. The van der Waals surface area contributed by atoms with E-state index in [9.17, 15) is 38.5 Å². The van der Waals surface area contributed by atoms with Crippen LogP contribution in [0.4, 0.5) is 22.7 Å². The van der Waals surface area contributed by atoms with Crippen molar-refractivity contribution >= 4 is 49.5 Å². The Morgan fingerprint density at radius 2 is 1.41 bits per heavy atom. The summed E-state index contributed by atoms with van der Waals surface area (Å²) in [5.74, 6) is -1.58. The molecule has 0 saturated carbocycles. The Kier molecular flexibility index (Phi) is 6.58. The highest BCUT2D eigenvalue weighted by molar-refractivity contribution is 7.92. The average Bonchev–Trinajstić information content (AvgIpc) is 2.89. The second kappa shape index (κ2) is 9.79. The molecule has 0 saturated heterocycles. The number of amides is 1. The van der Waals surface area contributed by atoms with Crippen molar-refractivity contribution in [2.45, 2.75) is 4.90 Å². The number of benzene rings is 4. The van der Waals surface area contributed by atoms with Gasteiger partial charge in [0, 0.05) is 22.9 Å². The van der Waals surface area contributed by atoms with Crippen molar-refractivity contribution in [2.24, 2.45) is 10.2 Å². The number of anilines is 1. The van der Waals surface area contributed by atoms with Gasteiger partial charge in [0.2, 0.25) is 0 Å². The van der Waals surface area contributed by atoms with E-state index in [1.807, 2.05) is 0 Å². The Hall–Kier alpha value is -5.24. The zero-order valence-electron chi connectivity index (χ0n) is 18.5. The van der Waals surface area contributed by atoms with Gasteiger partial charge in [0.15, 0.2) is 5.75 Å². The quantitative estimate of drug-likeness (QED) is 0.145. The molecule has 0 aromatic heterocycles. The van der Waals surface area contributed by atoms with Crippen molar-refractivity contribution in [3.8, 4) is 5.75 Å². The molecule has 0 fully saturated rings. The van der Waals surface area contributed by atoms with Gasteiger partial charge in [-0.05, 0) is 18.2 Å². The number of phenolic OH excluding ortho intramolecular Hbond substituents is 1. The van der Waals surface area contributed by atoms with E-state index in [-0.39, 0.29) is 21.7 Å². The van der Waals surface area contributed by atoms with Gasteiger partial charge < -0.3 is 5.11 Å². The maximum Gasteiger partial charge on any atom is 0.295 e. The number of carbonyl (C=O) groups excluding carboxylic acids is 1. The fourth-order valence-electron chi connectivity index (χ4n) is 3.40. The fraction of sp³-hybridized carbons (Fsp3) is 0. The number of azo groups is 1. The number of aromatic hydroxyl groups is 1. The first-order valence-corrected chi connectivity index (χ1v) is 11.8. The summed E-state index contributed by atoms with van der Waals surface area (Å²) in [6.07, 6.45) is 0. The number of rotatable bonds is 7. The molecule has 186 valence electrons. The Morgan fingerprint density at radius 3 is 2.00 bits per heavy atom. The van der Waals surface area contributed by atoms with E-state index < -0.39 is 48.5 Å². The van der Waals surface area contributed by atoms with Crippen LogP contribution in [0, 0.1) is 20.2 Å². The summed E-state index contributed by atoms with van der Waals surface area (Å²) in [4.78, 5) is 32.9. The number of sulfonamides is 1. The lowest BCUT2D eigenvalue weighted by atomic mass is 10.1. The minimum atomic E-state index is -4.03. The standard InChI is InChI=1S/C23H15N5O8S/c29-22-19-9-5-4-8-18(19)20(26-37(35,36)17-6-2-1-3-7-17)13-21(22)24-25-23(30)14-10-15(27(31)32)12-16(11-14)28(33)34/h1-13,26,29H. The first kappa shape index (κ1) is 24.9. The molecule has 0 aliphatic rings. The maximum atomic E-state index is 12.9. The molecule has 4 rings (SSSR count). The van der Waals surface area contributed by atoms with Crippen LogP contribution in [0.15, 0.2) is 94.0 Å². The molecular weight excluding hydrogens is 506 g/mol. The van der Waals surface area contributed by atoms with Gasteiger partial charge in [0.25, 0.3) is 27.3 Å². The first-order valence-electron chi connectivity index (χ1n) is 10.3. The molecule has 0 spiro atoms. The van der Waals surface area contributed by atoms with Crippen LogP contribution in [0.2, 0.25) is 0 Å². The summed E-state index contributed by atoms with van der Waals surface area (Å²) < 4.78 is 28.2. The molecule has 0 heterocycles. The third-order valence-electron chi connectivity index (χ3n) is 5.11. The van der Waals surface area contributed by atoms with Gasteiger partial charge >= 0.3 is 0 Å². The number of nitrogens with zero attached hydrogens (tertiary/aromatic N) is 4. The van der Waals surface area contributed by atoms with E-state index in [1.54, 1.807) is 36.4 Å². The van der Waals surface area contributed by atoms with Crippen molar-refractivity contribution < 1.29 is 28.2 Å². The van der Waals surface area contributed by atoms with Crippen molar-refractivity contribution in [2.75, 3.05) is 4.72 Å². The number of phenols is 1. The summed E-state index contributed by atoms with van der Waals surface area (Å²) in [5.41, 5.74) is -2.13. The largest absolute Gasteiger partial charge is 0.505 e. The summed E-state index contributed by atoms with van der Waals surface area (Å²) in [6, 6.07) is 17.3. The lowest BCUT2D eigenvalue weighted by molar-refractivity contribution is -0.394. The minimum Gasteiger partial charge on any atom is -0.505 e. The van der Waals surface area contributed by atoms with E-state index >= 15 is 0 Å². The number of fused-ring (bicyclic) bond motifs is 1. The van der Waals surface area contributed by atoms with Gasteiger partial charge in [-0.2, -0.15) is 0 Å². The van der Waals surface area contributed by atoms with Gasteiger partial charge in [-0.3, -0.25) is 29.7 Å². The predicted octanol–water partition coefficient (Wildman–Crippen LogP) is 5.09. The van der Waals surface area contributed by atoms with E-state index in [0.29, 0.717) is 11.5 Å². The molecule has 0 bridgehead atoms. The number of nitro groups is 2. The molecular formula is C23H15N5O8S. The molecule has 0 atom stereocenters. The monoisotopic (exact) mass is 521 g/mol. The number of nitrogens with one attached hydrogen (secondary N) is 1. The van der Waals surface area contributed by atoms with Crippen LogP contribution in [0.25, 0.3) is 10.8 Å². The lowest BCUT2D eigenvalue weighted by Gasteiger charge is -2.13. The van der Waals surface area contributed by atoms with Crippen LogP contribution < -0.4 is 4.72 Å². The summed E-state index contributed by atoms with van der Waals surface area (Å²) in [6.45, 7) is 0. The van der Waals surface area contributed by atoms with Crippen LogP contribution in [0.5, 0.6) is 5.75 Å². The SMILES string of the molecule is O=C(N=Nc1cc(NS(=O)(=O)c2ccccc2)c2ccccc2c1O)c1cc([N+](=O)[O-])cc([N+](=O)[O-])c1. The molecule has 0 aliphatic heterocycles. The third kappa shape index (κ3) is 5.23. The van der Waals surface area contributed by atoms with Gasteiger partial charge in [0.1, 0.15) is 5.69 Å². The molecule has 1 amide bonds. The number of non-ortho nitro benzene ring substituents is 2. The third-order valence-corrected chi connectivity index (χ3v) is 6.49. The normalized spacial score (nSPS) is 11.5. The highest BCUT2D eigenvalue weighted by Crippen LogP contribution is 2.40. The van der Waals surface area contributed by atoms with Crippen LogP contribution in [-0.2, 0) is 10.0 Å². The van der Waals surface area contributed by atoms with Crippen molar-refractivity contribution in [1.29, 1.82) is 0 Å².